The molecule has 0 aliphatic carbocycles. The lowest BCUT2D eigenvalue weighted by molar-refractivity contribution is -0.129. The molecule has 1 atom stereocenters. The molecule has 1 aliphatic rings. The Kier molecular flexibility index (Phi) is 2.88. The van der Waals surface area contributed by atoms with Crippen molar-refractivity contribution in [2.24, 2.45) is 5.92 Å². The molecule has 64 valence electrons. The molecule has 1 rings (SSSR count). The van der Waals surface area contributed by atoms with E-state index in [0.717, 1.165) is 25.9 Å². The maximum absolute atomic E-state index is 11.3. The van der Waals surface area contributed by atoms with Gasteiger partial charge in [0.15, 0.2) is 0 Å². The summed E-state index contributed by atoms with van der Waals surface area (Å²) in [5, 5.41) is 3.06. The fourth-order valence-electron chi connectivity index (χ4n) is 1.48. The number of carbonyl (C=O) groups is 1. The smallest absolute Gasteiger partial charge is 0.225 e. The van der Waals surface area contributed by atoms with E-state index in [1.54, 1.807) is 0 Å². The fourth-order valence-corrected chi connectivity index (χ4v) is 1.48. The Bertz CT molecular complexity index is 147. The number of nitrogens with zero attached hydrogens (tertiary/aromatic N) is 1. The molecule has 3 nitrogen and oxygen atoms in total. The second-order valence-corrected chi connectivity index (χ2v) is 3.14. The van der Waals surface area contributed by atoms with Crippen molar-refractivity contribution in [3.8, 4) is 0 Å². The van der Waals surface area contributed by atoms with Crippen LogP contribution >= 0.6 is 0 Å². The number of carbonyl (C=O) groups excluding carboxylic acids is 1. The molecule has 1 fully saturated rings. The summed E-state index contributed by atoms with van der Waals surface area (Å²) in [6.07, 6.45) is 2.02. The van der Waals surface area contributed by atoms with Gasteiger partial charge < -0.3 is 10.2 Å². The number of amides is 1. The molecular weight excluding hydrogens is 140 g/mol. The summed E-state index contributed by atoms with van der Waals surface area (Å²) >= 11 is 0. The van der Waals surface area contributed by atoms with Gasteiger partial charge in [-0.3, -0.25) is 4.79 Å². The Morgan fingerprint density at radius 1 is 1.73 bits per heavy atom. The lowest BCUT2D eigenvalue weighted by atomic mass is 10.0. The number of hydrogen-bond acceptors (Lipinski definition) is 2. The maximum atomic E-state index is 11.3. The van der Waals surface area contributed by atoms with Gasteiger partial charge in [0.2, 0.25) is 5.91 Å². The first kappa shape index (κ1) is 8.53. The topological polar surface area (TPSA) is 32.3 Å². The summed E-state index contributed by atoms with van der Waals surface area (Å²) in [5.74, 6) is 0.604. The Labute approximate surface area is 67.8 Å². The summed E-state index contributed by atoms with van der Waals surface area (Å²) in [6, 6.07) is 0. The van der Waals surface area contributed by atoms with Gasteiger partial charge >= 0.3 is 0 Å². The first-order valence-electron chi connectivity index (χ1n) is 4.15. The molecule has 0 saturated carbocycles. The van der Waals surface area contributed by atoms with E-state index in [4.69, 9.17) is 0 Å². The van der Waals surface area contributed by atoms with Gasteiger partial charge in [-0.05, 0) is 26.4 Å². The molecule has 1 amide bonds. The molecule has 0 aromatic carbocycles. The molecule has 0 unspecified atom stereocenters. The normalized spacial score (nSPS) is 24.7. The Morgan fingerprint density at radius 2 is 2.45 bits per heavy atom. The molecule has 0 spiro atoms. The molecule has 0 bridgehead atoms. The van der Waals surface area contributed by atoms with Gasteiger partial charge in [-0.15, -0.1) is 0 Å². The van der Waals surface area contributed by atoms with Crippen molar-refractivity contribution in [3.63, 3.8) is 0 Å². The third kappa shape index (κ3) is 1.93. The van der Waals surface area contributed by atoms with Crippen molar-refractivity contribution in [1.82, 2.24) is 10.2 Å². The van der Waals surface area contributed by atoms with Crippen LogP contribution in [0.25, 0.3) is 0 Å². The summed E-state index contributed by atoms with van der Waals surface area (Å²) < 4.78 is 0. The summed E-state index contributed by atoms with van der Waals surface area (Å²) in [7, 11) is 3.80. The second kappa shape index (κ2) is 3.72. The minimum Gasteiger partial charge on any atom is -0.345 e. The predicted octanol–water partition coefficient (Wildman–Crippen LogP) is 0.0742. The Hall–Kier alpha value is -0.570. The van der Waals surface area contributed by atoms with Crippen molar-refractivity contribution < 1.29 is 4.79 Å². The highest BCUT2D eigenvalue weighted by Crippen LogP contribution is 2.18. The maximum Gasteiger partial charge on any atom is 0.225 e. The summed E-state index contributed by atoms with van der Waals surface area (Å²) in [5.41, 5.74) is 0. The van der Waals surface area contributed by atoms with Crippen LogP contribution in [0.15, 0.2) is 0 Å². The largest absolute Gasteiger partial charge is 0.345 e. The first-order chi connectivity index (χ1) is 5.25. The van der Waals surface area contributed by atoms with Gasteiger partial charge in [-0.25, -0.2) is 0 Å². The van der Waals surface area contributed by atoms with E-state index in [0.29, 0.717) is 5.91 Å². The summed E-state index contributed by atoms with van der Waals surface area (Å²) in [6.45, 7) is 1.89. The van der Waals surface area contributed by atoms with E-state index < -0.39 is 0 Å². The highest BCUT2D eigenvalue weighted by molar-refractivity contribution is 5.80. The van der Waals surface area contributed by atoms with Crippen molar-refractivity contribution >= 4 is 5.91 Å². The van der Waals surface area contributed by atoms with E-state index in [1.165, 1.54) is 0 Å². The average molecular weight is 156 g/mol. The Balaban J connectivity index is 2.30. The van der Waals surface area contributed by atoms with Crippen LogP contribution in [0.4, 0.5) is 0 Å². The quantitative estimate of drug-likeness (QED) is 0.627. The molecule has 1 heterocycles. The molecule has 0 aromatic rings. The van der Waals surface area contributed by atoms with Crippen LogP contribution in [0.2, 0.25) is 0 Å². The minimum absolute atomic E-state index is 0.285. The number of hydrogen-bond donors (Lipinski definition) is 1. The van der Waals surface area contributed by atoms with Crippen molar-refractivity contribution in [3.05, 3.63) is 0 Å². The van der Waals surface area contributed by atoms with E-state index in [-0.39, 0.29) is 5.92 Å². The Morgan fingerprint density at radius 3 is 2.91 bits per heavy atom. The van der Waals surface area contributed by atoms with Gasteiger partial charge in [-0.1, -0.05) is 0 Å². The minimum atomic E-state index is 0.285. The van der Waals surface area contributed by atoms with E-state index in [9.17, 15) is 4.79 Å². The SMILES string of the molecule is CNCC[C@@H]1CCN(C)C1=O. The molecular formula is C8H16N2O. The zero-order chi connectivity index (χ0) is 8.27. The van der Waals surface area contributed by atoms with Crippen LogP contribution < -0.4 is 5.32 Å². The third-order valence-electron chi connectivity index (χ3n) is 2.28. The molecule has 1 saturated heterocycles. The number of likely N-dealkylation sites (tertiary alicyclic amines) is 1. The van der Waals surface area contributed by atoms with E-state index in [1.807, 2.05) is 19.0 Å². The molecule has 1 N–H and O–H groups in total. The highest BCUT2D eigenvalue weighted by Gasteiger charge is 2.27. The molecule has 0 aromatic heterocycles. The van der Waals surface area contributed by atoms with E-state index >= 15 is 0 Å². The van der Waals surface area contributed by atoms with Crippen LogP contribution in [-0.4, -0.2) is 38.0 Å². The standard InChI is InChI=1S/C8H16N2O/c1-9-5-3-7-4-6-10(2)8(7)11/h7,9H,3-6H2,1-2H3/t7-/m1/s1. The van der Waals surface area contributed by atoms with Gasteiger partial charge in [0, 0.05) is 19.5 Å². The zero-order valence-corrected chi connectivity index (χ0v) is 7.26. The molecule has 11 heavy (non-hydrogen) atoms. The van der Waals surface area contributed by atoms with Gasteiger partial charge in [0.25, 0.3) is 0 Å². The van der Waals surface area contributed by atoms with Gasteiger partial charge in [0.05, 0.1) is 0 Å². The fraction of sp³-hybridized carbons (Fsp3) is 0.875. The van der Waals surface area contributed by atoms with Gasteiger partial charge in [-0.2, -0.15) is 0 Å². The zero-order valence-electron chi connectivity index (χ0n) is 7.26. The van der Waals surface area contributed by atoms with Crippen molar-refractivity contribution in [2.75, 3.05) is 27.2 Å². The van der Waals surface area contributed by atoms with Crippen LogP contribution in [-0.2, 0) is 4.79 Å². The molecule has 3 heteroatoms. The van der Waals surface area contributed by atoms with Crippen LogP contribution in [0.3, 0.4) is 0 Å². The van der Waals surface area contributed by atoms with Crippen molar-refractivity contribution in [1.29, 1.82) is 0 Å². The lowest BCUT2D eigenvalue weighted by Crippen LogP contribution is -2.24. The lowest BCUT2D eigenvalue weighted by Gasteiger charge is -2.09. The first-order valence-corrected chi connectivity index (χ1v) is 4.15. The third-order valence-corrected chi connectivity index (χ3v) is 2.28. The van der Waals surface area contributed by atoms with Crippen LogP contribution in [0, 0.1) is 5.92 Å². The van der Waals surface area contributed by atoms with Crippen LogP contribution in [0.5, 0.6) is 0 Å². The predicted molar refractivity (Wildman–Crippen MR) is 44.3 cm³/mol. The van der Waals surface area contributed by atoms with Crippen LogP contribution in [0.1, 0.15) is 12.8 Å². The number of nitrogens with one attached hydrogen (secondary N) is 1. The monoisotopic (exact) mass is 156 g/mol. The molecule has 0 radical (unpaired) electrons. The highest BCUT2D eigenvalue weighted by atomic mass is 16.2. The second-order valence-electron chi connectivity index (χ2n) is 3.14. The van der Waals surface area contributed by atoms with E-state index in [2.05, 4.69) is 5.32 Å². The van der Waals surface area contributed by atoms with Crippen molar-refractivity contribution in [2.45, 2.75) is 12.8 Å². The molecule has 1 aliphatic heterocycles. The summed E-state index contributed by atoms with van der Waals surface area (Å²) in [4.78, 5) is 13.1. The number of rotatable bonds is 3. The average Bonchev–Trinajstić information content (AvgIpc) is 2.31. The van der Waals surface area contributed by atoms with Gasteiger partial charge in [0.1, 0.15) is 0 Å².